The predicted octanol–water partition coefficient (Wildman–Crippen LogP) is 5.20. The third-order valence-corrected chi connectivity index (χ3v) is 5.51. The maximum atomic E-state index is 13.0. The van der Waals surface area contributed by atoms with Gasteiger partial charge < -0.3 is 14.4 Å². The van der Waals surface area contributed by atoms with Crippen molar-refractivity contribution >= 4 is 29.1 Å². The van der Waals surface area contributed by atoms with Gasteiger partial charge in [-0.2, -0.15) is 0 Å². The highest BCUT2D eigenvalue weighted by Gasteiger charge is 2.24. The molecule has 2 aromatic carbocycles. The number of hydrogen-bond acceptors (Lipinski definition) is 3. The normalized spacial score (nSPS) is 16.2. The molecule has 1 heterocycles. The van der Waals surface area contributed by atoms with Gasteiger partial charge >= 0.3 is 0 Å². The van der Waals surface area contributed by atoms with Gasteiger partial charge in [-0.3, -0.25) is 4.79 Å². The van der Waals surface area contributed by atoms with Gasteiger partial charge in [0.1, 0.15) is 5.75 Å². The quantitative estimate of drug-likeness (QED) is 0.616. The first-order valence-corrected chi connectivity index (χ1v) is 10.2. The molecule has 1 fully saturated rings. The Morgan fingerprint density at radius 2 is 1.96 bits per heavy atom. The summed E-state index contributed by atoms with van der Waals surface area (Å²) in [4.78, 5) is 14.7. The summed E-state index contributed by atoms with van der Waals surface area (Å²) in [6.45, 7) is 5.59. The standard InChI is InChI=1S/C22H25Cl2NO3/c1-15-5-3-6-16(2)22(15)28-14-21(26)25(13-19-7-4-10-27-19)12-17-8-9-18(23)11-20(17)24/h3,5-6,8-9,11,19H,4,7,10,12-14H2,1-2H3/t19-/m1/s1. The average molecular weight is 422 g/mol. The molecule has 2 aromatic rings. The van der Waals surface area contributed by atoms with Crippen LogP contribution in [-0.2, 0) is 16.1 Å². The molecule has 28 heavy (non-hydrogen) atoms. The first-order valence-electron chi connectivity index (χ1n) is 9.46. The number of carbonyl (C=O) groups excluding carboxylic acids is 1. The topological polar surface area (TPSA) is 38.8 Å². The number of carbonyl (C=O) groups is 1. The maximum Gasteiger partial charge on any atom is 0.260 e. The van der Waals surface area contributed by atoms with Crippen LogP contribution in [0.15, 0.2) is 36.4 Å². The number of rotatable bonds is 7. The second-order valence-corrected chi connectivity index (χ2v) is 8.00. The fraction of sp³-hybridized carbons (Fsp3) is 0.409. The van der Waals surface area contributed by atoms with E-state index in [-0.39, 0.29) is 18.6 Å². The van der Waals surface area contributed by atoms with Crippen LogP contribution in [0.25, 0.3) is 0 Å². The molecule has 6 heteroatoms. The largest absolute Gasteiger partial charge is 0.483 e. The highest BCUT2D eigenvalue weighted by molar-refractivity contribution is 6.35. The molecule has 1 aliphatic rings. The van der Waals surface area contributed by atoms with Crippen molar-refractivity contribution in [3.8, 4) is 5.75 Å². The Bertz CT molecular complexity index is 814. The fourth-order valence-corrected chi connectivity index (χ4v) is 3.86. The van der Waals surface area contributed by atoms with Crippen LogP contribution < -0.4 is 4.74 Å². The van der Waals surface area contributed by atoms with E-state index in [2.05, 4.69) is 0 Å². The van der Waals surface area contributed by atoms with E-state index < -0.39 is 0 Å². The second-order valence-electron chi connectivity index (χ2n) is 7.15. The monoisotopic (exact) mass is 421 g/mol. The van der Waals surface area contributed by atoms with Crippen molar-refractivity contribution in [2.45, 2.75) is 39.3 Å². The van der Waals surface area contributed by atoms with Crippen LogP contribution in [0.3, 0.4) is 0 Å². The number of nitrogens with zero attached hydrogens (tertiary/aromatic N) is 1. The number of aryl methyl sites for hydroxylation is 2. The van der Waals surface area contributed by atoms with E-state index in [9.17, 15) is 4.79 Å². The third-order valence-electron chi connectivity index (χ3n) is 4.93. The zero-order chi connectivity index (χ0) is 20.1. The molecular weight excluding hydrogens is 397 g/mol. The SMILES string of the molecule is Cc1cccc(C)c1OCC(=O)N(Cc1ccc(Cl)cc1Cl)C[C@H]1CCCO1. The first kappa shape index (κ1) is 21.0. The Kier molecular flexibility index (Phi) is 7.22. The van der Waals surface area contributed by atoms with Gasteiger partial charge in [-0.05, 0) is 55.5 Å². The van der Waals surface area contributed by atoms with Gasteiger partial charge in [-0.1, -0.05) is 47.5 Å². The Morgan fingerprint density at radius 3 is 2.61 bits per heavy atom. The van der Waals surface area contributed by atoms with Crippen molar-refractivity contribution in [1.29, 1.82) is 0 Å². The van der Waals surface area contributed by atoms with Gasteiger partial charge in [0.15, 0.2) is 6.61 Å². The molecule has 150 valence electrons. The van der Waals surface area contributed by atoms with E-state index in [0.29, 0.717) is 23.1 Å². The van der Waals surface area contributed by atoms with Gasteiger partial charge in [0.25, 0.3) is 5.91 Å². The number of ether oxygens (including phenoxy) is 2. The van der Waals surface area contributed by atoms with E-state index in [1.165, 1.54) is 0 Å². The minimum atomic E-state index is -0.0934. The van der Waals surface area contributed by atoms with Crippen molar-refractivity contribution < 1.29 is 14.3 Å². The smallest absolute Gasteiger partial charge is 0.260 e. The van der Waals surface area contributed by atoms with Gasteiger partial charge in [-0.25, -0.2) is 0 Å². The Hall–Kier alpha value is -1.75. The first-order chi connectivity index (χ1) is 13.4. The molecule has 3 rings (SSSR count). The molecule has 0 aliphatic carbocycles. The highest BCUT2D eigenvalue weighted by atomic mass is 35.5. The van der Waals surface area contributed by atoms with Gasteiger partial charge in [0.05, 0.1) is 6.10 Å². The van der Waals surface area contributed by atoms with E-state index >= 15 is 0 Å². The molecule has 1 saturated heterocycles. The van der Waals surface area contributed by atoms with Crippen LogP contribution >= 0.6 is 23.2 Å². The molecule has 0 aromatic heterocycles. The lowest BCUT2D eigenvalue weighted by molar-refractivity contribution is -0.135. The summed E-state index contributed by atoms with van der Waals surface area (Å²) in [7, 11) is 0. The van der Waals surface area contributed by atoms with Crippen LogP contribution in [-0.4, -0.2) is 36.7 Å². The van der Waals surface area contributed by atoms with Crippen LogP contribution in [0.1, 0.15) is 29.5 Å². The maximum absolute atomic E-state index is 13.0. The number of hydrogen-bond donors (Lipinski definition) is 0. The van der Waals surface area contributed by atoms with Crippen molar-refractivity contribution in [2.75, 3.05) is 19.8 Å². The zero-order valence-corrected chi connectivity index (χ0v) is 17.7. The van der Waals surface area contributed by atoms with E-state index in [0.717, 1.165) is 41.9 Å². The van der Waals surface area contributed by atoms with Gasteiger partial charge in [0.2, 0.25) is 0 Å². The van der Waals surface area contributed by atoms with Crippen LogP contribution in [0.4, 0.5) is 0 Å². The van der Waals surface area contributed by atoms with Gasteiger partial charge in [-0.15, -0.1) is 0 Å². The zero-order valence-electron chi connectivity index (χ0n) is 16.2. The highest BCUT2D eigenvalue weighted by Crippen LogP contribution is 2.25. The molecule has 0 radical (unpaired) electrons. The van der Waals surface area contributed by atoms with Gasteiger partial charge in [0, 0.05) is 29.7 Å². The Labute approximate surface area is 176 Å². The lowest BCUT2D eigenvalue weighted by atomic mass is 10.1. The molecule has 4 nitrogen and oxygen atoms in total. The van der Waals surface area contributed by atoms with Crippen LogP contribution in [0.5, 0.6) is 5.75 Å². The predicted molar refractivity (Wildman–Crippen MR) is 112 cm³/mol. The summed E-state index contributed by atoms with van der Waals surface area (Å²) in [5.74, 6) is 0.668. The summed E-state index contributed by atoms with van der Waals surface area (Å²) in [5.41, 5.74) is 2.88. The summed E-state index contributed by atoms with van der Waals surface area (Å²) in [6.07, 6.45) is 2.03. The van der Waals surface area contributed by atoms with Crippen molar-refractivity contribution in [1.82, 2.24) is 4.90 Å². The number of amides is 1. The summed E-state index contributed by atoms with van der Waals surface area (Å²) in [5, 5.41) is 1.12. The molecule has 0 spiro atoms. The lowest BCUT2D eigenvalue weighted by Crippen LogP contribution is -2.39. The molecule has 0 bridgehead atoms. The molecule has 0 N–H and O–H groups in total. The van der Waals surface area contributed by atoms with Crippen molar-refractivity contribution in [3.05, 3.63) is 63.1 Å². The minimum Gasteiger partial charge on any atom is -0.483 e. The fourth-order valence-electron chi connectivity index (χ4n) is 3.40. The Morgan fingerprint density at radius 1 is 1.21 bits per heavy atom. The molecule has 1 aliphatic heterocycles. The molecule has 1 amide bonds. The van der Waals surface area contributed by atoms with Crippen LogP contribution in [0.2, 0.25) is 10.0 Å². The van der Waals surface area contributed by atoms with E-state index in [1.807, 2.05) is 38.1 Å². The van der Waals surface area contributed by atoms with Crippen molar-refractivity contribution in [3.63, 3.8) is 0 Å². The van der Waals surface area contributed by atoms with Crippen LogP contribution in [0, 0.1) is 13.8 Å². The molecule has 1 atom stereocenters. The Balaban J connectivity index is 1.72. The van der Waals surface area contributed by atoms with E-state index in [4.69, 9.17) is 32.7 Å². The number of halogens is 2. The molecule has 0 unspecified atom stereocenters. The molecule has 0 saturated carbocycles. The summed E-state index contributed by atoms with van der Waals surface area (Å²) in [6, 6.07) is 11.3. The number of benzene rings is 2. The average Bonchev–Trinajstić information content (AvgIpc) is 3.16. The lowest BCUT2D eigenvalue weighted by Gasteiger charge is -2.26. The van der Waals surface area contributed by atoms with E-state index in [1.54, 1.807) is 17.0 Å². The summed E-state index contributed by atoms with van der Waals surface area (Å²) >= 11 is 12.3. The second kappa shape index (κ2) is 9.64. The van der Waals surface area contributed by atoms with Crippen molar-refractivity contribution in [2.24, 2.45) is 0 Å². The minimum absolute atomic E-state index is 0.0242. The number of para-hydroxylation sites is 1. The summed E-state index contributed by atoms with van der Waals surface area (Å²) < 4.78 is 11.6. The third kappa shape index (κ3) is 5.40. The molecular formula is C22H25Cl2NO3.